The molecule has 0 aliphatic carbocycles. The van der Waals surface area contributed by atoms with Crippen molar-refractivity contribution in [2.24, 2.45) is 0 Å². The van der Waals surface area contributed by atoms with Crippen LogP contribution in [0, 0.1) is 12.3 Å². The highest BCUT2D eigenvalue weighted by atomic mass is 14.0. The Bertz CT molecular complexity index is 269. The molecule has 0 aromatic rings. The summed E-state index contributed by atoms with van der Waals surface area (Å²) in [7, 11) is 0. The van der Waals surface area contributed by atoms with E-state index >= 15 is 0 Å². The molecule has 0 aromatic carbocycles. The second kappa shape index (κ2) is 12.5. The van der Waals surface area contributed by atoms with E-state index in [1.165, 1.54) is 11.1 Å². The van der Waals surface area contributed by atoms with Crippen LogP contribution in [0.25, 0.3) is 0 Å². The lowest BCUT2D eigenvalue weighted by Gasteiger charge is -2.02. The fraction of sp³-hybridized carbons (Fsp3) is 0.333. The van der Waals surface area contributed by atoms with Gasteiger partial charge in [0, 0.05) is 0 Å². The van der Waals surface area contributed by atoms with Gasteiger partial charge in [-0.25, -0.2) is 0 Å². The van der Waals surface area contributed by atoms with Crippen LogP contribution in [0.5, 0.6) is 0 Å². The second-order valence-corrected chi connectivity index (χ2v) is 3.04. The van der Waals surface area contributed by atoms with Gasteiger partial charge in [-0.15, -0.1) is 18.9 Å². The first kappa shape index (κ1) is 16.0. The third-order valence-corrected chi connectivity index (χ3v) is 1.88. The van der Waals surface area contributed by atoms with E-state index in [1.54, 1.807) is 13.0 Å². The minimum Gasteiger partial charge on any atom is -0.120 e. The summed E-state index contributed by atoms with van der Waals surface area (Å²) in [6, 6.07) is 0. The summed E-state index contributed by atoms with van der Waals surface area (Å²) < 4.78 is 0. The van der Waals surface area contributed by atoms with Crippen LogP contribution >= 0.6 is 0 Å². The van der Waals surface area contributed by atoms with Crippen LogP contribution in [0.2, 0.25) is 0 Å². The molecule has 0 saturated heterocycles. The van der Waals surface area contributed by atoms with E-state index in [0.717, 1.165) is 12.8 Å². The molecule has 15 heavy (non-hydrogen) atoms. The topological polar surface area (TPSA) is 0 Å². The Labute approximate surface area is 95.1 Å². The van der Waals surface area contributed by atoms with Gasteiger partial charge in [-0.2, -0.15) is 0 Å². The zero-order chi connectivity index (χ0) is 12.1. The summed E-state index contributed by atoms with van der Waals surface area (Å²) in [5.74, 6) is 2.25. The molecule has 0 spiro atoms. The molecule has 0 nitrogen and oxygen atoms in total. The summed E-state index contributed by atoms with van der Waals surface area (Å²) >= 11 is 0. The fourth-order valence-electron chi connectivity index (χ4n) is 0.951. The van der Waals surface area contributed by atoms with E-state index in [2.05, 4.69) is 45.4 Å². The van der Waals surface area contributed by atoms with Crippen LogP contribution in [0.15, 0.2) is 48.6 Å². The van der Waals surface area contributed by atoms with Crippen LogP contribution in [-0.4, -0.2) is 0 Å². The molecule has 82 valence electrons. The Balaban J connectivity index is 0. The van der Waals surface area contributed by atoms with Gasteiger partial charge in [0.25, 0.3) is 0 Å². The first-order valence-electron chi connectivity index (χ1n) is 5.13. The quantitative estimate of drug-likeness (QED) is 0.345. The molecule has 0 rings (SSSR count). The molecule has 0 heteroatoms. The van der Waals surface area contributed by atoms with E-state index in [-0.39, 0.29) is 0 Å². The smallest absolute Gasteiger partial charge is 0.00297 e. The van der Waals surface area contributed by atoms with Crippen molar-refractivity contribution in [3.8, 4) is 12.3 Å². The van der Waals surface area contributed by atoms with Crippen molar-refractivity contribution in [2.45, 2.75) is 33.6 Å². The molecular formula is C15H22. The molecule has 0 heterocycles. The maximum absolute atomic E-state index is 4.60. The third kappa shape index (κ3) is 10.4. The van der Waals surface area contributed by atoms with Crippen LogP contribution in [0.3, 0.4) is 0 Å². The van der Waals surface area contributed by atoms with Gasteiger partial charge < -0.3 is 0 Å². The molecule has 0 radical (unpaired) electrons. The third-order valence-electron chi connectivity index (χ3n) is 1.88. The minimum absolute atomic E-state index is 0.948. The Morgan fingerprint density at radius 1 is 1.40 bits per heavy atom. The maximum atomic E-state index is 4.60. The van der Waals surface area contributed by atoms with Gasteiger partial charge in [0.2, 0.25) is 0 Å². The van der Waals surface area contributed by atoms with Gasteiger partial charge in [-0.1, -0.05) is 43.4 Å². The molecular weight excluding hydrogens is 180 g/mol. The van der Waals surface area contributed by atoms with Gasteiger partial charge >= 0.3 is 0 Å². The fourth-order valence-corrected chi connectivity index (χ4v) is 0.951. The van der Waals surface area contributed by atoms with Crippen molar-refractivity contribution < 1.29 is 0 Å². The first-order valence-corrected chi connectivity index (χ1v) is 5.13. The van der Waals surface area contributed by atoms with Crippen molar-refractivity contribution in [1.29, 1.82) is 0 Å². The standard InChI is InChI=1S/C12H18.C3H4/c1-5-8-10-12(9-6-2)11(4)7-3;1-3-2/h5-6,8,10H,1-2,7,9H2,3-4H3;1H,2H3/b10-8-,12-11-;. The molecule has 0 atom stereocenters. The van der Waals surface area contributed by atoms with Gasteiger partial charge in [0.05, 0.1) is 0 Å². The van der Waals surface area contributed by atoms with Crippen molar-refractivity contribution in [2.75, 3.05) is 0 Å². The zero-order valence-corrected chi connectivity index (χ0v) is 10.2. The number of hydrogen-bond acceptors (Lipinski definition) is 0. The van der Waals surface area contributed by atoms with Crippen LogP contribution in [0.4, 0.5) is 0 Å². The summed E-state index contributed by atoms with van der Waals surface area (Å²) in [6.07, 6.45) is 14.5. The summed E-state index contributed by atoms with van der Waals surface area (Å²) in [5.41, 5.74) is 2.78. The van der Waals surface area contributed by atoms with Gasteiger partial charge in [-0.3, -0.25) is 0 Å². The highest BCUT2D eigenvalue weighted by Crippen LogP contribution is 2.13. The van der Waals surface area contributed by atoms with Crippen molar-refractivity contribution >= 4 is 0 Å². The normalized spacial score (nSPS) is 10.8. The minimum atomic E-state index is 0.948. The molecule has 0 aliphatic heterocycles. The monoisotopic (exact) mass is 202 g/mol. The van der Waals surface area contributed by atoms with Gasteiger partial charge in [0.1, 0.15) is 0 Å². The Morgan fingerprint density at radius 2 is 1.93 bits per heavy atom. The average Bonchev–Trinajstić information content (AvgIpc) is 2.24. The van der Waals surface area contributed by atoms with E-state index in [1.807, 2.05) is 12.2 Å². The number of hydrogen-bond donors (Lipinski definition) is 0. The van der Waals surface area contributed by atoms with Crippen molar-refractivity contribution in [1.82, 2.24) is 0 Å². The maximum Gasteiger partial charge on any atom is -0.00297 e. The van der Waals surface area contributed by atoms with Crippen LogP contribution in [-0.2, 0) is 0 Å². The van der Waals surface area contributed by atoms with E-state index < -0.39 is 0 Å². The van der Waals surface area contributed by atoms with E-state index in [9.17, 15) is 0 Å². The SMILES string of the molecule is C#CC.C=C/C=C\C(CC=C)=C(\C)CC. The van der Waals surface area contributed by atoms with Gasteiger partial charge in [-0.05, 0) is 32.3 Å². The van der Waals surface area contributed by atoms with E-state index in [0.29, 0.717) is 0 Å². The van der Waals surface area contributed by atoms with Crippen molar-refractivity contribution in [3.05, 3.63) is 48.6 Å². The Hall–Kier alpha value is -1.48. The second-order valence-electron chi connectivity index (χ2n) is 3.04. The number of rotatable bonds is 5. The molecule has 0 aliphatic rings. The molecule has 0 aromatic heterocycles. The number of terminal acetylenes is 1. The predicted octanol–water partition coefficient (Wildman–Crippen LogP) is 4.67. The lowest BCUT2D eigenvalue weighted by molar-refractivity contribution is 1.05. The van der Waals surface area contributed by atoms with Crippen LogP contribution < -0.4 is 0 Å². The van der Waals surface area contributed by atoms with Gasteiger partial charge in [0.15, 0.2) is 0 Å². The molecule has 0 unspecified atom stereocenters. The number of allylic oxidation sites excluding steroid dienone is 6. The molecule has 0 amide bonds. The largest absolute Gasteiger partial charge is 0.120 e. The molecule has 0 bridgehead atoms. The molecule has 0 N–H and O–H groups in total. The first-order chi connectivity index (χ1) is 7.17. The highest BCUT2D eigenvalue weighted by Gasteiger charge is 1.93. The summed E-state index contributed by atoms with van der Waals surface area (Å²) in [5, 5.41) is 0. The lowest BCUT2D eigenvalue weighted by Crippen LogP contribution is -1.82. The predicted molar refractivity (Wildman–Crippen MR) is 71.6 cm³/mol. The highest BCUT2D eigenvalue weighted by molar-refractivity contribution is 5.28. The Morgan fingerprint density at radius 3 is 2.27 bits per heavy atom. The van der Waals surface area contributed by atoms with Crippen molar-refractivity contribution in [3.63, 3.8) is 0 Å². The van der Waals surface area contributed by atoms with E-state index in [4.69, 9.17) is 0 Å². The zero-order valence-electron chi connectivity index (χ0n) is 10.2. The molecule has 0 saturated carbocycles. The molecule has 0 fully saturated rings. The van der Waals surface area contributed by atoms with Crippen LogP contribution in [0.1, 0.15) is 33.6 Å². The average molecular weight is 202 g/mol. The lowest BCUT2D eigenvalue weighted by atomic mass is 10.0. The Kier molecular flexibility index (Phi) is 13.3. The summed E-state index contributed by atoms with van der Waals surface area (Å²) in [4.78, 5) is 0. The summed E-state index contributed by atoms with van der Waals surface area (Å²) in [6.45, 7) is 13.4.